The number of amides is 2. The number of anilines is 1. The SMILES string of the molecule is Cc1ccc(CN(C(=O)CN(c2ccc(C)cc2)S(=O)(=O)c2ccc(Cl)cc2)C(C)C(=O)NC(C)(C)C)cc1. The summed E-state index contributed by atoms with van der Waals surface area (Å²) in [5.74, 6) is -0.837. The maximum Gasteiger partial charge on any atom is 0.264 e. The molecule has 0 bridgehead atoms. The normalized spacial score (nSPS) is 12.5. The molecule has 3 aromatic rings. The largest absolute Gasteiger partial charge is 0.350 e. The van der Waals surface area contributed by atoms with Crippen LogP contribution in [0.25, 0.3) is 0 Å². The summed E-state index contributed by atoms with van der Waals surface area (Å²) in [6.07, 6.45) is 0. The first-order valence-electron chi connectivity index (χ1n) is 12.7. The third-order valence-corrected chi connectivity index (χ3v) is 8.18. The van der Waals surface area contributed by atoms with Gasteiger partial charge in [-0.15, -0.1) is 0 Å². The number of carbonyl (C=O) groups excluding carboxylic acids is 2. The van der Waals surface area contributed by atoms with Gasteiger partial charge in [-0.05, 0) is 83.5 Å². The van der Waals surface area contributed by atoms with Crippen molar-refractivity contribution in [2.45, 2.75) is 64.6 Å². The molecule has 39 heavy (non-hydrogen) atoms. The first-order valence-corrected chi connectivity index (χ1v) is 14.5. The van der Waals surface area contributed by atoms with Crippen LogP contribution in [0.2, 0.25) is 5.02 Å². The lowest BCUT2D eigenvalue weighted by Gasteiger charge is -2.33. The van der Waals surface area contributed by atoms with Gasteiger partial charge in [0.25, 0.3) is 10.0 Å². The number of halogens is 1. The molecule has 0 saturated heterocycles. The highest BCUT2D eigenvalue weighted by atomic mass is 35.5. The van der Waals surface area contributed by atoms with Gasteiger partial charge in [-0.2, -0.15) is 0 Å². The van der Waals surface area contributed by atoms with E-state index in [0.29, 0.717) is 10.7 Å². The molecule has 1 unspecified atom stereocenters. The molecular formula is C30H36ClN3O4S. The lowest BCUT2D eigenvalue weighted by Crippen LogP contribution is -2.54. The molecule has 208 valence electrons. The molecule has 1 N–H and O–H groups in total. The Kier molecular flexibility index (Phi) is 9.46. The zero-order valence-electron chi connectivity index (χ0n) is 23.2. The molecule has 7 nitrogen and oxygen atoms in total. The van der Waals surface area contributed by atoms with Crippen LogP contribution in [0.1, 0.15) is 44.4 Å². The van der Waals surface area contributed by atoms with Crippen LogP contribution in [0.4, 0.5) is 5.69 Å². The Bertz CT molecular complexity index is 1400. The topological polar surface area (TPSA) is 86.8 Å². The lowest BCUT2D eigenvalue weighted by molar-refractivity contribution is -0.140. The lowest BCUT2D eigenvalue weighted by atomic mass is 10.1. The molecule has 0 radical (unpaired) electrons. The average Bonchev–Trinajstić information content (AvgIpc) is 2.86. The molecule has 0 aliphatic rings. The van der Waals surface area contributed by atoms with Gasteiger partial charge in [0, 0.05) is 17.1 Å². The summed E-state index contributed by atoms with van der Waals surface area (Å²) in [5, 5.41) is 3.32. The second-order valence-corrected chi connectivity index (χ2v) is 13.0. The number of nitrogens with one attached hydrogen (secondary N) is 1. The van der Waals surface area contributed by atoms with E-state index in [1.165, 1.54) is 29.2 Å². The minimum atomic E-state index is -4.14. The van der Waals surface area contributed by atoms with Gasteiger partial charge < -0.3 is 10.2 Å². The Labute approximate surface area is 236 Å². The number of hydrogen-bond acceptors (Lipinski definition) is 4. The Morgan fingerprint density at radius 1 is 0.872 bits per heavy atom. The van der Waals surface area contributed by atoms with E-state index >= 15 is 0 Å². The van der Waals surface area contributed by atoms with E-state index in [4.69, 9.17) is 11.6 Å². The zero-order chi connectivity index (χ0) is 29.0. The molecule has 3 rings (SSSR count). The summed E-state index contributed by atoms with van der Waals surface area (Å²) in [4.78, 5) is 28.5. The highest BCUT2D eigenvalue weighted by Gasteiger charge is 2.33. The first-order chi connectivity index (χ1) is 18.2. The molecule has 0 saturated carbocycles. The van der Waals surface area contributed by atoms with Crippen LogP contribution in [0.5, 0.6) is 0 Å². The van der Waals surface area contributed by atoms with E-state index in [9.17, 15) is 18.0 Å². The standard InChI is InChI=1S/C30H36ClN3O4S/c1-21-7-11-24(12-8-21)19-33(23(3)29(36)32-30(4,5)6)28(35)20-34(26-15-9-22(2)10-16-26)39(37,38)27-17-13-25(31)14-18-27/h7-18,23H,19-20H2,1-6H3,(H,32,36). The molecule has 0 heterocycles. The van der Waals surface area contributed by atoms with Crippen LogP contribution in [0.15, 0.2) is 77.7 Å². The Morgan fingerprint density at radius 3 is 1.90 bits per heavy atom. The van der Waals surface area contributed by atoms with Crippen molar-refractivity contribution in [1.29, 1.82) is 0 Å². The first kappa shape index (κ1) is 30.2. The van der Waals surface area contributed by atoms with Crippen LogP contribution in [0, 0.1) is 13.8 Å². The van der Waals surface area contributed by atoms with Crippen LogP contribution in [-0.2, 0) is 26.2 Å². The molecule has 0 aliphatic carbocycles. The van der Waals surface area contributed by atoms with Gasteiger partial charge in [0.1, 0.15) is 12.6 Å². The molecule has 3 aromatic carbocycles. The van der Waals surface area contributed by atoms with E-state index < -0.39 is 34.1 Å². The van der Waals surface area contributed by atoms with Crippen molar-refractivity contribution in [3.8, 4) is 0 Å². The zero-order valence-corrected chi connectivity index (χ0v) is 24.8. The number of aryl methyl sites for hydroxylation is 2. The van der Waals surface area contributed by atoms with Gasteiger partial charge in [0.05, 0.1) is 10.6 Å². The Hall–Kier alpha value is -3.36. The number of hydrogen-bond donors (Lipinski definition) is 1. The fourth-order valence-electron chi connectivity index (χ4n) is 3.92. The van der Waals surface area contributed by atoms with Crippen molar-refractivity contribution >= 4 is 39.1 Å². The van der Waals surface area contributed by atoms with Crippen LogP contribution in [-0.4, -0.2) is 43.3 Å². The Morgan fingerprint density at radius 2 is 1.38 bits per heavy atom. The maximum atomic E-state index is 13.9. The summed E-state index contributed by atoms with van der Waals surface area (Å²) in [6.45, 7) is 10.7. The third-order valence-electron chi connectivity index (χ3n) is 6.14. The summed E-state index contributed by atoms with van der Waals surface area (Å²) < 4.78 is 28.7. The van der Waals surface area contributed by atoms with Crippen molar-refractivity contribution in [3.63, 3.8) is 0 Å². The van der Waals surface area contributed by atoms with Gasteiger partial charge in [0.2, 0.25) is 11.8 Å². The van der Waals surface area contributed by atoms with E-state index in [-0.39, 0.29) is 17.3 Å². The quantitative estimate of drug-likeness (QED) is 0.369. The van der Waals surface area contributed by atoms with Crippen molar-refractivity contribution in [1.82, 2.24) is 10.2 Å². The molecule has 0 aromatic heterocycles. The summed E-state index contributed by atoms with van der Waals surface area (Å²) in [7, 11) is -4.14. The van der Waals surface area contributed by atoms with Crippen molar-refractivity contribution in [3.05, 3.63) is 94.5 Å². The Balaban J connectivity index is 2.02. The fraction of sp³-hybridized carbons (Fsp3) is 0.333. The van der Waals surface area contributed by atoms with Gasteiger partial charge in [-0.1, -0.05) is 59.1 Å². The molecule has 0 fully saturated rings. The molecule has 0 aliphatic heterocycles. The van der Waals surface area contributed by atoms with E-state index in [1.807, 2.05) is 58.9 Å². The van der Waals surface area contributed by atoms with Crippen molar-refractivity contribution in [2.75, 3.05) is 10.8 Å². The molecule has 2 amide bonds. The molecule has 1 atom stereocenters. The minimum Gasteiger partial charge on any atom is -0.350 e. The fourth-order valence-corrected chi connectivity index (χ4v) is 5.46. The number of nitrogens with zero attached hydrogens (tertiary/aromatic N) is 2. The van der Waals surface area contributed by atoms with E-state index in [1.54, 1.807) is 31.2 Å². The molecule has 9 heteroatoms. The van der Waals surface area contributed by atoms with Gasteiger partial charge in [-0.3, -0.25) is 13.9 Å². The van der Waals surface area contributed by atoms with Crippen molar-refractivity contribution in [2.24, 2.45) is 0 Å². The molecular weight excluding hydrogens is 534 g/mol. The maximum absolute atomic E-state index is 13.9. The molecule has 0 spiro atoms. The number of rotatable bonds is 9. The minimum absolute atomic E-state index is 0.00360. The van der Waals surface area contributed by atoms with Gasteiger partial charge in [0.15, 0.2) is 0 Å². The second-order valence-electron chi connectivity index (χ2n) is 10.7. The predicted octanol–water partition coefficient (Wildman–Crippen LogP) is 5.48. The van der Waals surface area contributed by atoms with Crippen LogP contribution >= 0.6 is 11.6 Å². The highest BCUT2D eigenvalue weighted by molar-refractivity contribution is 7.92. The smallest absolute Gasteiger partial charge is 0.264 e. The van der Waals surface area contributed by atoms with Crippen molar-refractivity contribution < 1.29 is 18.0 Å². The highest BCUT2D eigenvalue weighted by Crippen LogP contribution is 2.26. The van der Waals surface area contributed by atoms with Gasteiger partial charge in [-0.25, -0.2) is 8.42 Å². The van der Waals surface area contributed by atoms with Gasteiger partial charge >= 0.3 is 0 Å². The summed E-state index contributed by atoms with van der Waals surface area (Å²) in [5.41, 5.74) is 2.67. The van der Waals surface area contributed by atoms with E-state index in [0.717, 1.165) is 21.0 Å². The number of sulfonamides is 1. The van der Waals surface area contributed by atoms with Crippen LogP contribution in [0.3, 0.4) is 0 Å². The summed E-state index contributed by atoms with van der Waals surface area (Å²) in [6, 6.07) is 19.5. The van der Waals surface area contributed by atoms with Crippen LogP contribution < -0.4 is 9.62 Å². The van der Waals surface area contributed by atoms with E-state index in [2.05, 4.69) is 5.32 Å². The monoisotopic (exact) mass is 569 g/mol. The summed E-state index contributed by atoms with van der Waals surface area (Å²) >= 11 is 5.99. The third kappa shape index (κ3) is 8.07. The number of carbonyl (C=O) groups is 2. The average molecular weight is 570 g/mol. The predicted molar refractivity (Wildman–Crippen MR) is 156 cm³/mol. The number of benzene rings is 3. The second kappa shape index (κ2) is 12.2.